The molecule has 1 aromatic carbocycles. The van der Waals surface area contributed by atoms with Crippen molar-refractivity contribution in [3.8, 4) is 5.88 Å². The molecule has 0 fully saturated rings. The van der Waals surface area contributed by atoms with Gasteiger partial charge in [-0.2, -0.15) is 0 Å². The van der Waals surface area contributed by atoms with E-state index in [0.29, 0.717) is 11.3 Å². The Labute approximate surface area is 138 Å². The van der Waals surface area contributed by atoms with Crippen LogP contribution in [0.2, 0.25) is 0 Å². The first-order valence-electron chi connectivity index (χ1n) is 7.12. The van der Waals surface area contributed by atoms with Crippen LogP contribution in [0.3, 0.4) is 0 Å². The van der Waals surface area contributed by atoms with Gasteiger partial charge in [0.1, 0.15) is 6.61 Å². The summed E-state index contributed by atoms with van der Waals surface area (Å²) < 4.78 is 5.29. The molecule has 0 aliphatic heterocycles. The molecule has 0 radical (unpaired) electrons. The number of nitrogens with one attached hydrogen (secondary N) is 1. The predicted octanol–water partition coefficient (Wildman–Crippen LogP) is 2.07. The normalized spacial score (nSPS) is 13.0. The number of nitrogens with zero attached hydrogens (tertiary/aromatic N) is 2. The summed E-state index contributed by atoms with van der Waals surface area (Å²) in [6.07, 6.45) is 1.53. The molecule has 0 spiro atoms. The van der Waals surface area contributed by atoms with Crippen molar-refractivity contribution < 1.29 is 19.6 Å². The molecule has 1 heterocycles. The van der Waals surface area contributed by atoms with Gasteiger partial charge in [-0.1, -0.05) is 6.07 Å². The number of pyridine rings is 1. The van der Waals surface area contributed by atoms with Gasteiger partial charge >= 0.3 is 0 Å². The number of nitro benzene ring substituents is 1. The Balaban J connectivity index is 2.02. The monoisotopic (exact) mass is 331 g/mol. The third kappa shape index (κ3) is 4.26. The lowest BCUT2D eigenvalue weighted by Crippen LogP contribution is -2.45. The van der Waals surface area contributed by atoms with Gasteiger partial charge in [0.2, 0.25) is 5.88 Å². The molecular formula is C16H17N3O5. The van der Waals surface area contributed by atoms with Crippen molar-refractivity contribution in [2.75, 3.05) is 11.9 Å². The average molecular weight is 331 g/mol. The van der Waals surface area contributed by atoms with Gasteiger partial charge in [-0.3, -0.25) is 14.9 Å². The van der Waals surface area contributed by atoms with E-state index in [9.17, 15) is 20.0 Å². The van der Waals surface area contributed by atoms with Crippen LogP contribution in [-0.4, -0.2) is 33.1 Å². The van der Waals surface area contributed by atoms with Crippen LogP contribution in [0.25, 0.3) is 0 Å². The first kappa shape index (κ1) is 17.4. The Kier molecular flexibility index (Phi) is 5.10. The van der Waals surface area contributed by atoms with E-state index in [1.807, 2.05) is 0 Å². The van der Waals surface area contributed by atoms with Crippen LogP contribution in [0.1, 0.15) is 12.5 Å². The number of rotatable bonds is 6. The van der Waals surface area contributed by atoms with Gasteiger partial charge in [-0.15, -0.1) is 0 Å². The van der Waals surface area contributed by atoms with Gasteiger partial charge in [0.15, 0.2) is 5.60 Å². The highest BCUT2D eigenvalue weighted by molar-refractivity contribution is 5.97. The quantitative estimate of drug-likeness (QED) is 0.618. The number of ether oxygens (including phenoxy) is 1. The van der Waals surface area contributed by atoms with E-state index >= 15 is 0 Å². The molecule has 8 heteroatoms. The third-order valence-electron chi connectivity index (χ3n) is 3.28. The van der Waals surface area contributed by atoms with Crippen LogP contribution in [0.15, 0.2) is 42.6 Å². The van der Waals surface area contributed by atoms with Crippen molar-refractivity contribution in [3.05, 3.63) is 58.3 Å². The largest absolute Gasteiger partial charge is 0.474 e. The lowest BCUT2D eigenvalue weighted by atomic mass is 10.1. The lowest BCUT2D eigenvalue weighted by Gasteiger charge is -2.22. The zero-order valence-electron chi connectivity index (χ0n) is 13.2. The van der Waals surface area contributed by atoms with E-state index in [2.05, 4.69) is 10.3 Å². The summed E-state index contributed by atoms with van der Waals surface area (Å²) in [7, 11) is 0. The molecule has 2 rings (SSSR count). The maximum Gasteiger partial charge on any atom is 0.272 e. The van der Waals surface area contributed by atoms with Crippen LogP contribution < -0.4 is 10.1 Å². The number of carbonyl (C=O) groups is 1. The molecule has 0 aliphatic carbocycles. The van der Waals surface area contributed by atoms with Crippen molar-refractivity contribution in [2.45, 2.75) is 19.4 Å². The van der Waals surface area contributed by atoms with Gasteiger partial charge in [0, 0.05) is 29.6 Å². The minimum Gasteiger partial charge on any atom is -0.474 e. The number of aliphatic hydroxyl groups is 1. The summed E-state index contributed by atoms with van der Waals surface area (Å²) in [6, 6.07) is 9.20. The number of benzene rings is 1. The number of hydrogen-bond donors (Lipinski definition) is 2. The van der Waals surface area contributed by atoms with Crippen LogP contribution in [0, 0.1) is 17.0 Å². The van der Waals surface area contributed by atoms with Crippen molar-refractivity contribution in [1.29, 1.82) is 0 Å². The van der Waals surface area contributed by atoms with Crippen LogP contribution in [0.4, 0.5) is 11.4 Å². The average Bonchev–Trinajstić information content (AvgIpc) is 2.53. The highest BCUT2D eigenvalue weighted by Gasteiger charge is 2.32. The van der Waals surface area contributed by atoms with Gasteiger partial charge in [-0.25, -0.2) is 4.98 Å². The number of hydrogen-bond acceptors (Lipinski definition) is 6. The third-order valence-corrected chi connectivity index (χ3v) is 3.28. The number of amides is 1. The Hall–Kier alpha value is -3.00. The molecular weight excluding hydrogens is 314 g/mol. The minimum absolute atomic E-state index is 0.0433. The van der Waals surface area contributed by atoms with Gasteiger partial charge in [0.05, 0.1) is 4.92 Å². The summed E-state index contributed by atoms with van der Waals surface area (Å²) in [5.41, 5.74) is -1.09. The van der Waals surface area contributed by atoms with E-state index in [-0.39, 0.29) is 18.2 Å². The van der Waals surface area contributed by atoms with Crippen molar-refractivity contribution in [2.24, 2.45) is 0 Å². The van der Waals surface area contributed by atoms with Crippen LogP contribution >= 0.6 is 0 Å². The summed E-state index contributed by atoms with van der Waals surface area (Å²) in [6.45, 7) is 2.58. The van der Waals surface area contributed by atoms with Crippen LogP contribution in [-0.2, 0) is 4.79 Å². The molecule has 24 heavy (non-hydrogen) atoms. The second kappa shape index (κ2) is 7.05. The predicted molar refractivity (Wildman–Crippen MR) is 86.8 cm³/mol. The van der Waals surface area contributed by atoms with Crippen molar-refractivity contribution >= 4 is 17.3 Å². The fourth-order valence-electron chi connectivity index (χ4n) is 1.92. The van der Waals surface area contributed by atoms with E-state index in [1.54, 1.807) is 25.1 Å². The number of nitro groups is 1. The summed E-state index contributed by atoms with van der Waals surface area (Å²) in [5.74, 6) is -0.400. The summed E-state index contributed by atoms with van der Waals surface area (Å²) >= 11 is 0. The zero-order valence-corrected chi connectivity index (χ0v) is 13.2. The van der Waals surface area contributed by atoms with Gasteiger partial charge in [-0.05, 0) is 32.0 Å². The Bertz CT molecular complexity index is 747. The Morgan fingerprint density at radius 3 is 2.75 bits per heavy atom. The molecule has 0 saturated heterocycles. The smallest absolute Gasteiger partial charge is 0.272 e. The van der Waals surface area contributed by atoms with E-state index in [1.165, 1.54) is 31.3 Å². The van der Waals surface area contributed by atoms with Crippen LogP contribution in [0.5, 0.6) is 5.88 Å². The van der Waals surface area contributed by atoms with Crippen molar-refractivity contribution in [1.82, 2.24) is 4.98 Å². The number of anilines is 1. The highest BCUT2D eigenvalue weighted by Crippen LogP contribution is 2.22. The Morgan fingerprint density at radius 1 is 1.42 bits per heavy atom. The lowest BCUT2D eigenvalue weighted by molar-refractivity contribution is -0.385. The molecule has 0 bridgehead atoms. The van der Waals surface area contributed by atoms with E-state index in [0.717, 1.165) is 0 Å². The second-order valence-corrected chi connectivity index (χ2v) is 5.44. The maximum absolute atomic E-state index is 12.2. The molecule has 1 atom stereocenters. The first-order chi connectivity index (χ1) is 11.3. The van der Waals surface area contributed by atoms with Crippen molar-refractivity contribution in [3.63, 3.8) is 0 Å². The fraction of sp³-hybridized carbons (Fsp3) is 0.250. The number of carbonyl (C=O) groups excluding carboxylic acids is 1. The molecule has 126 valence electrons. The molecule has 8 nitrogen and oxygen atoms in total. The van der Waals surface area contributed by atoms with Gasteiger partial charge < -0.3 is 15.2 Å². The highest BCUT2D eigenvalue weighted by atomic mass is 16.6. The summed E-state index contributed by atoms with van der Waals surface area (Å²) in [4.78, 5) is 26.4. The molecule has 1 amide bonds. The standard InChI is InChI=1S/C16H17N3O5/c1-11-9-12(6-7-13(11)19(22)23)18-15(20)16(2,21)10-24-14-5-3-4-8-17-14/h3-9,21H,10H2,1-2H3,(H,18,20). The SMILES string of the molecule is Cc1cc(NC(=O)C(C)(O)COc2ccccn2)ccc1[N+](=O)[O-]. The first-order valence-corrected chi connectivity index (χ1v) is 7.12. The van der Waals surface area contributed by atoms with Gasteiger partial charge in [0.25, 0.3) is 11.6 Å². The Morgan fingerprint density at radius 2 is 2.17 bits per heavy atom. The second-order valence-electron chi connectivity index (χ2n) is 5.44. The topological polar surface area (TPSA) is 115 Å². The molecule has 0 aliphatic rings. The zero-order chi connectivity index (χ0) is 17.7. The minimum atomic E-state index is -1.80. The van der Waals surface area contributed by atoms with E-state index < -0.39 is 16.4 Å². The molecule has 2 aromatic rings. The molecule has 1 aromatic heterocycles. The fourth-order valence-corrected chi connectivity index (χ4v) is 1.92. The number of aryl methyl sites for hydroxylation is 1. The maximum atomic E-state index is 12.2. The molecule has 2 N–H and O–H groups in total. The molecule has 1 unspecified atom stereocenters. The van der Waals surface area contributed by atoms with E-state index in [4.69, 9.17) is 4.74 Å². The number of aromatic nitrogens is 1. The molecule has 0 saturated carbocycles. The summed E-state index contributed by atoms with van der Waals surface area (Å²) in [5, 5.41) is 23.5.